The fourth-order valence-electron chi connectivity index (χ4n) is 3.09. The lowest BCUT2D eigenvalue weighted by atomic mass is 9.99. The van der Waals surface area contributed by atoms with E-state index in [1.165, 1.54) is 33.2 Å². The van der Waals surface area contributed by atoms with Gasteiger partial charge in [0, 0.05) is 5.69 Å². The van der Waals surface area contributed by atoms with E-state index in [9.17, 15) is 0 Å². The molecule has 1 atom stereocenters. The van der Waals surface area contributed by atoms with Crippen molar-refractivity contribution in [2.24, 2.45) is 0 Å². The van der Waals surface area contributed by atoms with Gasteiger partial charge in [-0.3, -0.25) is 0 Å². The Labute approximate surface area is 119 Å². The van der Waals surface area contributed by atoms with E-state index in [0.717, 1.165) is 6.42 Å². The molecule has 4 rings (SSSR count). The van der Waals surface area contributed by atoms with Crippen molar-refractivity contribution in [1.82, 2.24) is 0 Å². The van der Waals surface area contributed by atoms with Gasteiger partial charge in [-0.25, -0.2) is 0 Å². The molecule has 1 N–H and O–H groups in total. The minimum Gasteiger partial charge on any atom is -0.378 e. The van der Waals surface area contributed by atoms with Crippen molar-refractivity contribution >= 4 is 16.5 Å². The van der Waals surface area contributed by atoms with Crippen LogP contribution in [0.5, 0.6) is 0 Å². The lowest BCUT2D eigenvalue weighted by Crippen LogP contribution is -2.05. The highest BCUT2D eigenvalue weighted by Gasteiger charge is 2.21. The van der Waals surface area contributed by atoms with Crippen molar-refractivity contribution in [3.8, 4) is 0 Å². The largest absolute Gasteiger partial charge is 0.378 e. The standard InChI is InChI=1S/C19H17N/c1-13-6-7-17-12-19(20-18(17)10-13)16-9-8-14-4-2-3-5-15(14)11-16/h2-11,19-20H,12H2,1H3. The number of fused-ring (bicyclic) bond motifs is 2. The Balaban J connectivity index is 1.71. The predicted octanol–water partition coefficient (Wildman–Crippen LogP) is 4.86. The molecule has 0 bridgehead atoms. The third-order valence-electron chi connectivity index (χ3n) is 4.20. The summed E-state index contributed by atoms with van der Waals surface area (Å²) in [4.78, 5) is 0. The first-order chi connectivity index (χ1) is 9.79. The normalized spacial score (nSPS) is 16.9. The Bertz CT molecular complexity index is 789. The molecule has 1 unspecified atom stereocenters. The second-order valence-corrected chi connectivity index (χ2v) is 5.67. The maximum atomic E-state index is 3.66. The first-order valence-corrected chi connectivity index (χ1v) is 7.14. The van der Waals surface area contributed by atoms with Crippen LogP contribution in [0.15, 0.2) is 60.7 Å². The van der Waals surface area contributed by atoms with Crippen molar-refractivity contribution in [3.05, 3.63) is 77.4 Å². The summed E-state index contributed by atoms with van der Waals surface area (Å²) in [6.07, 6.45) is 1.08. The van der Waals surface area contributed by atoms with Gasteiger partial charge in [0.05, 0.1) is 6.04 Å². The fraction of sp³-hybridized carbons (Fsp3) is 0.158. The molecule has 1 aliphatic heterocycles. The molecule has 1 heteroatoms. The second kappa shape index (κ2) is 4.38. The Morgan fingerprint density at radius 1 is 0.900 bits per heavy atom. The number of nitrogens with one attached hydrogen (secondary N) is 1. The van der Waals surface area contributed by atoms with E-state index in [1.807, 2.05) is 0 Å². The van der Waals surface area contributed by atoms with Gasteiger partial charge in [0.25, 0.3) is 0 Å². The molecule has 1 aliphatic rings. The van der Waals surface area contributed by atoms with Gasteiger partial charge in [-0.2, -0.15) is 0 Å². The van der Waals surface area contributed by atoms with Crippen molar-refractivity contribution < 1.29 is 0 Å². The maximum absolute atomic E-state index is 3.66. The van der Waals surface area contributed by atoms with E-state index in [1.54, 1.807) is 0 Å². The third kappa shape index (κ3) is 1.87. The third-order valence-corrected chi connectivity index (χ3v) is 4.20. The van der Waals surface area contributed by atoms with E-state index in [4.69, 9.17) is 0 Å². The van der Waals surface area contributed by atoms with Gasteiger partial charge in [-0.05, 0) is 52.9 Å². The average Bonchev–Trinajstić information content (AvgIpc) is 2.89. The van der Waals surface area contributed by atoms with Crippen molar-refractivity contribution in [1.29, 1.82) is 0 Å². The monoisotopic (exact) mass is 259 g/mol. The number of aryl methyl sites for hydroxylation is 1. The van der Waals surface area contributed by atoms with Crippen LogP contribution in [0.25, 0.3) is 10.8 Å². The van der Waals surface area contributed by atoms with E-state index in [-0.39, 0.29) is 0 Å². The molecule has 0 saturated carbocycles. The minimum atomic E-state index is 0.399. The second-order valence-electron chi connectivity index (χ2n) is 5.67. The summed E-state index contributed by atoms with van der Waals surface area (Å²) in [5, 5.41) is 6.28. The lowest BCUT2D eigenvalue weighted by Gasteiger charge is -2.12. The fourth-order valence-corrected chi connectivity index (χ4v) is 3.09. The zero-order chi connectivity index (χ0) is 13.5. The summed E-state index contributed by atoms with van der Waals surface area (Å²) >= 11 is 0. The summed E-state index contributed by atoms with van der Waals surface area (Å²) < 4.78 is 0. The molecule has 0 amide bonds. The molecule has 98 valence electrons. The summed E-state index contributed by atoms with van der Waals surface area (Å²) in [5.41, 5.74) is 5.41. The maximum Gasteiger partial charge on any atom is 0.0555 e. The van der Waals surface area contributed by atoms with Crippen LogP contribution in [0.2, 0.25) is 0 Å². The smallest absolute Gasteiger partial charge is 0.0555 e. The van der Waals surface area contributed by atoms with Crippen molar-refractivity contribution in [3.63, 3.8) is 0 Å². The van der Waals surface area contributed by atoms with Crippen molar-refractivity contribution in [2.45, 2.75) is 19.4 Å². The number of hydrogen-bond donors (Lipinski definition) is 1. The average molecular weight is 259 g/mol. The highest BCUT2D eigenvalue weighted by Crippen LogP contribution is 2.35. The summed E-state index contributed by atoms with van der Waals surface area (Å²) in [7, 11) is 0. The number of benzene rings is 3. The van der Waals surface area contributed by atoms with Crippen LogP contribution in [0.1, 0.15) is 22.7 Å². The molecular weight excluding hydrogens is 242 g/mol. The van der Waals surface area contributed by atoms with Gasteiger partial charge < -0.3 is 5.32 Å². The van der Waals surface area contributed by atoms with Crippen LogP contribution in [-0.4, -0.2) is 0 Å². The molecule has 0 spiro atoms. The number of hydrogen-bond acceptors (Lipinski definition) is 1. The summed E-state index contributed by atoms with van der Waals surface area (Å²) in [6, 6.07) is 22.4. The van der Waals surface area contributed by atoms with Gasteiger partial charge in [-0.15, -0.1) is 0 Å². The van der Waals surface area contributed by atoms with Crippen LogP contribution in [0, 0.1) is 6.92 Å². The molecule has 1 nitrogen and oxygen atoms in total. The first kappa shape index (κ1) is 11.5. The molecule has 0 saturated heterocycles. The topological polar surface area (TPSA) is 12.0 Å². The Hall–Kier alpha value is -2.28. The van der Waals surface area contributed by atoms with Gasteiger partial charge in [0.1, 0.15) is 0 Å². The van der Waals surface area contributed by atoms with Crippen LogP contribution in [0.3, 0.4) is 0 Å². The zero-order valence-corrected chi connectivity index (χ0v) is 11.6. The summed E-state index contributed by atoms with van der Waals surface area (Å²) in [5.74, 6) is 0. The number of rotatable bonds is 1. The molecule has 3 aromatic carbocycles. The lowest BCUT2D eigenvalue weighted by molar-refractivity contribution is 0.826. The zero-order valence-electron chi connectivity index (χ0n) is 11.6. The Morgan fingerprint density at radius 2 is 1.75 bits per heavy atom. The van der Waals surface area contributed by atoms with E-state index < -0.39 is 0 Å². The highest BCUT2D eigenvalue weighted by atomic mass is 14.9. The van der Waals surface area contributed by atoms with E-state index in [0.29, 0.717) is 6.04 Å². The molecule has 0 aliphatic carbocycles. The van der Waals surface area contributed by atoms with Crippen LogP contribution in [0.4, 0.5) is 5.69 Å². The first-order valence-electron chi connectivity index (χ1n) is 7.14. The highest BCUT2D eigenvalue weighted by molar-refractivity contribution is 5.83. The van der Waals surface area contributed by atoms with Crippen molar-refractivity contribution in [2.75, 3.05) is 5.32 Å². The van der Waals surface area contributed by atoms with Crippen LogP contribution < -0.4 is 5.32 Å². The van der Waals surface area contributed by atoms with Gasteiger partial charge in [-0.1, -0.05) is 48.5 Å². The molecule has 20 heavy (non-hydrogen) atoms. The van der Waals surface area contributed by atoms with Gasteiger partial charge in [0.15, 0.2) is 0 Å². The summed E-state index contributed by atoms with van der Waals surface area (Å²) in [6.45, 7) is 2.14. The molecule has 0 aromatic heterocycles. The quantitative estimate of drug-likeness (QED) is 0.658. The van der Waals surface area contributed by atoms with E-state index >= 15 is 0 Å². The minimum absolute atomic E-state index is 0.399. The van der Waals surface area contributed by atoms with Crippen LogP contribution >= 0.6 is 0 Å². The molecule has 0 fully saturated rings. The number of anilines is 1. The molecule has 1 heterocycles. The van der Waals surface area contributed by atoms with Gasteiger partial charge >= 0.3 is 0 Å². The Morgan fingerprint density at radius 3 is 2.65 bits per heavy atom. The predicted molar refractivity (Wildman–Crippen MR) is 85.2 cm³/mol. The van der Waals surface area contributed by atoms with E-state index in [2.05, 4.69) is 72.9 Å². The molecule has 3 aromatic rings. The van der Waals surface area contributed by atoms with Gasteiger partial charge in [0.2, 0.25) is 0 Å². The SMILES string of the molecule is Cc1ccc2c(c1)NC(c1ccc3ccccc3c1)C2. The molecular formula is C19H17N. The Kier molecular flexibility index (Phi) is 2.53. The van der Waals surface area contributed by atoms with Crippen LogP contribution in [-0.2, 0) is 6.42 Å². The molecule has 0 radical (unpaired) electrons.